The van der Waals surface area contributed by atoms with Crippen LogP contribution < -0.4 is 10.2 Å². The van der Waals surface area contributed by atoms with E-state index in [-0.39, 0.29) is 6.54 Å². The first-order chi connectivity index (χ1) is 12.9. The van der Waals surface area contributed by atoms with Gasteiger partial charge in [0.1, 0.15) is 5.69 Å². The van der Waals surface area contributed by atoms with Gasteiger partial charge >= 0.3 is 6.18 Å². The largest absolute Gasteiger partial charge is 0.431 e. The number of benzene rings is 2. The van der Waals surface area contributed by atoms with E-state index in [1.54, 1.807) is 30.3 Å². The van der Waals surface area contributed by atoms with Crippen LogP contribution in [0.4, 0.5) is 18.9 Å². The summed E-state index contributed by atoms with van der Waals surface area (Å²) in [6, 6.07) is 13.7. The minimum Gasteiger partial charge on any atom is -0.368 e. The molecule has 0 spiro atoms. The number of halogens is 4. The number of hydrogen-bond acceptors (Lipinski definition) is 2. The van der Waals surface area contributed by atoms with E-state index < -0.39 is 11.9 Å². The second kappa shape index (κ2) is 7.09. The van der Waals surface area contributed by atoms with Gasteiger partial charge in [0, 0.05) is 48.8 Å². The molecule has 27 heavy (non-hydrogen) atoms. The van der Waals surface area contributed by atoms with Gasteiger partial charge in [-0.1, -0.05) is 29.8 Å². The molecular formula is C20H19ClF3N3. The molecule has 7 heteroatoms. The highest BCUT2D eigenvalue weighted by molar-refractivity contribution is 6.30. The molecule has 0 radical (unpaired) electrons. The highest BCUT2D eigenvalue weighted by Crippen LogP contribution is 2.38. The second-order valence-corrected chi connectivity index (χ2v) is 7.13. The van der Waals surface area contributed by atoms with Crippen LogP contribution in [0.15, 0.2) is 48.5 Å². The first-order valence-corrected chi connectivity index (χ1v) is 9.21. The Morgan fingerprint density at radius 1 is 1.00 bits per heavy atom. The number of fused-ring (bicyclic) bond motifs is 1. The fourth-order valence-electron chi connectivity index (χ4n) is 3.67. The van der Waals surface area contributed by atoms with Crippen molar-refractivity contribution in [1.82, 2.24) is 9.88 Å². The summed E-state index contributed by atoms with van der Waals surface area (Å²) in [6.07, 6.45) is -4.43. The van der Waals surface area contributed by atoms with Gasteiger partial charge in [-0.25, -0.2) is 0 Å². The lowest BCUT2D eigenvalue weighted by atomic mass is 10.1. The van der Waals surface area contributed by atoms with Crippen LogP contribution in [-0.4, -0.2) is 30.7 Å². The van der Waals surface area contributed by atoms with E-state index in [4.69, 9.17) is 11.6 Å². The Morgan fingerprint density at radius 3 is 2.44 bits per heavy atom. The SMILES string of the molecule is FC(F)(F)c1cc2c(N3CCNCC3)cccc2n1Cc1cccc(Cl)c1. The molecule has 3 nitrogen and oxygen atoms in total. The first kappa shape index (κ1) is 18.2. The predicted molar refractivity (Wildman–Crippen MR) is 103 cm³/mol. The third kappa shape index (κ3) is 3.64. The summed E-state index contributed by atoms with van der Waals surface area (Å²) < 4.78 is 42.7. The van der Waals surface area contributed by atoms with Crippen molar-refractivity contribution >= 4 is 28.2 Å². The summed E-state index contributed by atoms with van der Waals surface area (Å²) in [4.78, 5) is 2.14. The fourth-order valence-corrected chi connectivity index (χ4v) is 3.89. The van der Waals surface area contributed by atoms with Crippen molar-refractivity contribution < 1.29 is 13.2 Å². The monoisotopic (exact) mass is 393 g/mol. The van der Waals surface area contributed by atoms with Crippen LogP contribution in [0.5, 0.6) is 0 Å². The molecule has 4 rings (SSSR count). The average Bonchev–Trinajstić information content (AvgIpc) is 3.01. The van der Waals surface area contributed by atoms with Crippen LogP contribution in [-0.2, 0) is 12.7 Å². The molecule has 1 aliphatic rings. The van der Waals surface area contributed by atoms with Crippen molar-refractivity contribution in [2.75, 3.05) is 31.1 Å². The maximum atomic E-state index is 13.8. The van der Waals surface area contributed by atoms with Crippen molar-refractivity contribution in [2.24, 2.45) is 0 Å². The first-order valence-electron chi connectivity index (χ1n) is 8.83. The van der Waals surface area contributed by atoms with Gasteiger partial charge in [0.2, 0.25) is 0 Å². The average molecular weight is 394 g/mol. The number of anilines is 1. The third-order valence-electron chi connectivity index (χ3n) is 4.90. The zero-order valence-corrected chi connectivity index (χ0v) is 15.3. The minimum atomic E-state index is -4.43. The molecule has 1 fully saturated rings. The molecule has 0 atom stereocenters. The number of nitrogens with one attached hydrogen (secondary N) is 1. The Balaban J connectivity index is 1.85. The van der Waals surface area contributed by atoms with Crippen LogP contribution in [0.3, 0.4) is 0 Å². The molecule has 1 aliphatic heterocycles. The molecule has 1 saturated heterocycles. The normalized spacial score (nSPS) is 15.5. The van der Waals surface area contributed by atoms with Gasteiger partial charge in [-0.15, -0.1) is 0 Å². The Kier molecular flexibility index (Phi) is 4.78. The van der Waals surface area contributed by atoms with E-state index in [0.717, 1.165) is 37.4 Å². The maximum absolute atomic E-state index is 13.8. The van der Waals surface area contributed by atoms with Gasteiger partial charge < -0.3 is 14.8 Å². The molecule has 0 bridgehead atoms. The summed E-state index contributed by atoms with van der Waals surface area (Å²) in [5, 5.41) is 4.42. The number of hydrogen-bond donors (Lipinski definition) is 1. The Hall–Kier alpha value is -2.18. The van der Waals surface area contributed by atoms with Gasteiger partial charge in [0.25, 0.3) is 0 Å². The fraction of sp³-hybridized carbons (Fsp3) is 0.300. The topological polar surface area (TPSA) is 20.2 Å². The predicted octanol–water partition coefficient (Wildman–Crippen LogP) is 4.77. The molecule has 0 amide bonds. The standard InChI is InChI=1S/C20H19ClF3N3/c21-15-4-1-3-14(11-15)13-27-18-6-2-5-17(26-9-7-25-8-10-26)16(18)12-19(27)20(22,23)24/h1-6,11-12,25H,7-10,13H2. The summed E-state index contributed by atoms with van der Waals surface area (Å²) in [7, 11) is 0. The maximum Gasteiger partial charge on any atom is 0.431 e. The number of nitrogens with zero attached hydrogens (tertiary/aromatic N) is 2. The van der Waals surface area contributed by atoms with Gasteiger partial charge in [-0.2, -0.15) is 13.2 Å². The number of rotatable bonds is 3. The zero-order chi connectivity index (χ0) is 19.0. The van der Waals surface area contributed by atoms with Crippen molar-refractivity contribution in [3.8, 4) is 0 Å². The molecule has 1 aromatic heterocycles. The van der Waals surface area contributed by atoms with Crippen LogP contribution in [0.25, 0.3) is 10.9 Å². The Bertz CT molecular complexity index is 959. The van der Waals surface area contributed by atoms with Gasteiger partial charge in [-0.05, 0) is 35.9 Å². The van der Waals surface area contributed by atoms with Gasteiger partial charge in [0.05, 0.1) is 5.52 Å². The summed E-state index contributed by atoms with van der Waals surface area (Å²) in [5.74, 6) is 0. The third-order valence-corrected chi connectivity index (χ3v) is 5.14. The highest BCUT2D eigenvalue weighted by Gasteiger charge is 2.36. The minimum absolute atomic E-state index is 0.115. The van der Waals surface area contributed by atoms with Crippen LogP contribution in [0.2, 0.25) is 5.02 Å². The van der Waals surface area contributed by atoms with Crippen LogP contribution in [0.1, 0.15) is 11.3 Å². The number of aromatic nitrogens is 1. The number of piperazine rings is 1. The van der Waals surface area contributed by atoms with E-state index in [1.165, 1.54) is 10.6 Å². The molecule has 142 valence electrons. The summed E-state index contributed by atoms with van der Waals surface area (Å²) in [5.41, 5.74) is 1.53. The lowest BCUT2D eigenvalue weighted by Crippen LogP contribution is -2.43. The van der Waals surface area contributed by atoms with Crippen molar-refractivity contribution in [3.63, 3.8) is 0 Å². The molecule has 3 aromatic rings. The summed E-state index contributed by atoms with van der Waals surface area (Å²) >= 11 is 6.02. The van der Waals surface area contributed by atoms with Gasteiger partial charge in [0.15, 0.2) is 0 Å². The van der Waals surface area contributed by atoms with Crippen molar-refractivity contribution in [3.05, 3.63) is 64.8 Å². The zero-order valence-electron chi connectivity index (χ0n) is 14.6. The quantitative estimate of drug-likeness (QED) is 0.691. The van der Waals surface area contributed by atoms with E-state index in [1.807, 2.05) is 12.1 Å². The highest BCUT2D eigenvalue weighted by atomic mass is 35.5. The molecular weight excluding hydrogens is 375 g/mol. The Morgan fingerprint density at radius 2 is 1.74 bits per heavy atom. The van der Waals surface area contributed by atoms with Gasteiger partial charge in [-0.3, -0.25) is 0 Å². The van der Waals surface area contributed by atoms with Crippen molar-refractivity contribution in [1.29, 1.82) is 0 Å². The second-order valence-electron chi connectivity index (χ2n) is 6.69. The van der Waals surface area contributed by atoms with E-state index >= 15 is 0 Å². The van der Waals surface area contributed by atoms with E-state index in [9.17, 15) is 13.2 Å². The van der Waals surface area contributed by atoms with Crippen molar-refractivity contribution in [2.45, 2.75) is 12.7 Å². The lowest BCUT2D eigenvalue weighted by Gasteiger charge is -2.30. The summed E-state index contributed by atoms with van der Waals surface area (Å²) in [6.45, 7) is 3.32. The molecule has 0 unspecified atom stereocenters. The Labute approximate surface area is 160 Å². The lowest BCUT2D eigenvalue weighted by molar-refractivity contribution is -0.143. The number of alkyl halides is 3. The molecule has 2 heterocycles. The van der Waals surface area contributed by atoms with Crippen LogP contribution in [0, 0.1) is 0 Å². The molecule has 2 aromatic carbocycles. The smallest absolute Gasteiger partial charge is 0.368 e. The van der Waals surface area contributed by atoms with E-state index in [2.05, 4.69) is 10.2 Å². The molecule has 1 N–H and O–H groups in total. The molecule has 0 aliphatic carbocycles. The van der Waals surface area contributed by atoms with E-state index in [0.29, 0.717) is 15.9 Å². The molecule has 0 saturated carbocycles. The van der Waals surface area contributed by atoms with Crippen LogP contribution >= 0.6 is 11.6 Å².